The smallest absolute Gasteiger partial charge is 0.407 e. The first-order chi connectivity index (χ1) is 18.5. The lowest BCUT2D eigenvalue weighted by atomic mass is 10.1. The molecule has 39 heavy (non-hydrogen) atoms. The lowest BCUT2D eigenvalue weighted by Crippen LogP contribution is -2.44. The van der Waals surface area contributed by atoms with Gasteiger partial charge in [0.1, 0.15) is 18.3 Å². The van der Waals surface area contributed by atoms with E-state index in [4.69, 9.17) is 9.47 Å². The van der Waals surface area contributed by atoms with E-state index in [2.05, 4.69) is 32.9 Å². The zero-order valence-corrected chi connectivity index (χ0v) is 23.3. The molecule has 3 rings (SSSR count). The Balaban J connectivity index is 1.57. The molecule has 2 aromatic carbocycles. The quantitative estimate of drug-likeness (QED) is 0.320. The molecular formula is C26H32N6O6S. The van der Waals surface area contributed by atoms with E-state index in [1.165, 1.54) is 11.8 Å². The summed E-state index contributed by atoms with van der Waals surface area (Å²) in [7, 11) is 5.51. The molecule has 3 aromatic rings. The molecule has 2 N–H and O–H groups in total. The van der Waals surface area contributed by atoms with Gasteiger partial charge in [-0.15, -0.1) is 10.2 Å². The molecule has 12 nitrogen and oxygen atoms in total. The molecule has 1 unspecified atom stereocenters. The SMILES string of the molecule is COc1ccc(CCOC(=O)NC(CC(=O)O)C(=O)Cn2nnc(Sc3c(C)cc(N(C)C)cc3C)n2)cc1. The molecule has 0 spiro atoms. The Bertz CT molecular complexity index is 1290. The van der Waals surface area contributed by atoms with E-state index in [9.17, 15) is 19.5 Å². The van der Waals surface area contributed by atoms with Gasteiger partial charge in [-0.2, -0.15) is 4.80 Å². The summed E-state index contributed by atoms with van der Waals surface area (Å²) < 4.78 is 10.3. The fraction of sp³-hybridized carbons (Fsp3) is 0.385. The first-order valence-corrected chi connectivity index (χ1v) is 12.9. The maximum Gasteiger partial charge on any atom is 0.407 e. The van der Waals surface area contributed by atoms with Crippen LogP contribution in [-0.4, -0.2) is 77.0 Å². The number of aryl methyl sites for hydroxylation is 2. The van der Waals surface area contributed by atoms with Crippen LogP contribution in [0.1, 0.15) is 23.1 Å². The van der Waals surface area contributed by atoms with Crippen molar-refractivity contribution in [2.24, 2.45) is 0 Å². The van der Waals surface area contributed by atoms with E-state index in [0.717, 1.165) is 32.1 Å². The largest absolute Gasteiger partial charge is 0.497 e. The lowest BCUT2D eigenvalue weighted by molar-refractivity contribution is -0.139. The number of ketones is 1. The molecule has 0 bridgehead atoms. The van der Waals surface area contributed by atoms with Gasteiger partial charge in [-0.05, 0) is 71.8 Å². The Morgan fingerprint density at radius 1 is 1.13 bits per heavy atom. The van der Waals surface area contributed by atoms with Crippen LogP contribution in [0.2, 0.25) is 0 Å². The number of carboxylic acid groups (broad SMARTS) is 1. The fourth-order valence-corrected chi connectivity index (χ4v) is 4.52. The van der Waals surface area contributed by atoms with Gasteiger partial charge >= 0.3 is 12.1 Å². The average Bonchev–Trinajstić information content (AvgIpc) is 3.32. The van der Waals surface area contributed by atoms with Crippen LogP contribution in [0.25, 0.3) is 0 Å². The highest BCUT2D eigenvalue weighted by atomic mass is 32.2. The third-order valence-corrected chi connectivity index (χ3v) is 6.92. The van der Waals surface area contributed by atoms with Crippen LogP contribution < -0.4 is 15.0 Å². The van der Waals surface area contributed by atoms with Crippen molar-refractivity contribution in [2.45, 2.75) is 49.3 Å². The number of rotatable bonds is 13. The minimum absolute atomic E-state index is 0.0473. The van der Waals surface area contributed by atoms with Crippen molar-refractivity contribution < 1.29 is 29.0 Å². The Kier molecular flexibility index (Phi) is 10.3. The van der Waals surface area contributed by atoms with Crippen LogP contribution in [0, 0.1) is 13.8 Å². The van der Waals surface area contributed by atoms with Crippen LogP contribution in [0.4, 0.5) is 10.5 Å². The molecule has 0 aliphatic carbocycles. The van der Waals surface area contributed by atoms with E-state index >= 15 is 0 Å². The minimum atomic E-state index is -1.32. The Morgan fingerprint density at radius 3 is 2.38 bits per heavy atom. The zero-order chi connectivity index (χ0) is 28.5. The molecule has 0 aliphatic heterocycles. The maximum absolute atomic E-state index is 12.8. The molecule has 0 saturated carbocycles. The monoisotopic (exact) mass is 556 g/mol. The predicted octanol–water partition coefficient (Wildman–Crippen LogP) is 2.90. The molecule has 1 atom stereocenters. The second kappa shape index (κ2) is 13.6. The number of anilines is 1. The number of benzene rings is 2. The predicted molar refractivity (Wildman–Crippen MR) is 144 cm³/mol. The highest BCUT2D eigenvalue weighted by Gasteiger charge is 2.25. The second-order valence-corrected chi connectivity index (χ2v) is 9.98. The van der Waals surface area contributed by atoms with Gasteiger partial charge in [-0.1, -0.05) is 12.1 Å². The third kappa shape index (κ3) is 8.70. The number of nitrogens with one attached hydrogen (secondary N) is 1. The fourth-order valence-electron chi connectivity index (χ4n) is 3.68. The number of aliphatic carboxylic acids is 1. The zero-order valence-electron chi connectivity index (χ0n) is 22.5. The Labute approximate surface area is 230 Å². The van der Waals surface area contributed by atoms with Gasteiger partial charge in [0.25, 0.3) is 0 Å². The van der Waals surface area contributed by atoms with Crippen LogP contribution >= 0.6 is 11.8 Å². The van der Waals surface area contributed by atoms with Gasteiger partial charge in [-0.25, -0.2) is 4.79 Å². The number of methoxy groups -OCH3 is 1. The summed E-state index contributed by atoms with van der Waals surface area (Å²) in [5.41, 5.74) is 4.10. The number of carbonyl (C=O) groups excluding carboxylic acids is 2. The van der Waals surface area contributed by atoms with Gasteiger partial charge in [0.05, 0.1) is 20.1 Å². The molecule has 0 fully saturated rings. The highest BCUT2D eigenvalue weighted by molar-refractivity contribution is 7.99. The van der Waals surface area contributed by atoms with Gasteiger partial charge in [0.2, 0.25) is 5.16 Å². The van der Waals surface area contributed by atoms with Crippen molar-refractivity contribution in [3.8, 4) is 5.75 Å². The third-order valence-electron chi connectivity index (χ3n) is 5.73. The summed E-state index contributed by atoms with van der Waals surface area (Å²) in [6.45, 7) is 3.67. The van der Waals surface area contributed by atoms with E-state index in [1.54, 1.807) is 19.2 Å². The number of amides is 1. The van der Waals surface area contributed by atoms with Gasteiger partial charge in [0, 0.05) is 31.1 Å². The Morgan fingerprint density at radius 2 is 1.79 bits per heavy atom. The molecule has 0 radical (unpaired) electrons. The summed E-state index contributed by atoms with van der Waals surface area (Å²) >= 11 is 1.32. The van der Waals surface area contributed by atoms with Crippen molar-refractivity contribution in [2.75, 3.05) is 32.7 Å². The molecule has 0 saturated heterocycles. The molecule has 208 valence electrons. The van der Waals surface area contributed by atoms with Crippen molar-refractivity contribution >= 4 is 35.3 Å². The van der Waals surface area contributed by atoms with E-state index in [-0.39, 0.29) is 13.2 Å². The molecule has 1 aromatic heterocycles. The van der Waals surface area contributed by atoms with Gasteiger partial charge in [0.15, 0.2) is 5.78 Å². The summed E-state index contributed by atoms with van der Waals surface area (Å²) in [5, 5.41) is 24.1. The number of tetrazole rings is 1. The van der Waals surface area contributed by atoms with Crippen molar-refractivity contribution in [3.63, 3.8) is 0 Å². The van der Waals surface area contributed by atoms with E-state index < -0.39 is 30.3 Å². The summed E-state index contributed by atoms with van der Waals surface area (Å²) in [6.07, 6.45) is -1.06. The minimum Gasteiger partial charge on any atom is -0.497 e. The molecular weight excluding hydrogens is 524 g/mol. The van der Waals surface area contributed by atoms with E-state index in [0.29, 0.717) is 17.3 Å². The molecule has 13 heteroatoms. The number of Topliss-reactive ketones (excluding diaryl/α,β-unsaturated/α-hetero) is 1. The molecule has 1 heterocycles. The number of nitrogens with zero attached hydrogens (tertiary/aromatic N) is 5. The number of alkyl carbamates (subject to hydrolysis) is 1. The number of hydrogen-bond donors (Lipinski definition) is 2. The number of carboxylic acids is 1. The maximum atomic E-state index is 12.8. The Hall–Kier alpha value is -4.13. The van der Waals surface area contributed by atoms with Crippen LogP contribution in [0.3, 0.4) is 0 Å². The van der Waals surface area contributed by atoms with Crippen LogP contribution in [0.5, 0.6) is 5.75 Å². The average molecular weight is 557 g/mol. The number of aromatic nitrogens is 4. The van der Waals surface area contributed by atoms with Gasteiger partial charge in [-0.3, -0.25) is 9.59 Å². The van der Waals surface area contributed by atoms with Crippen molar-refractivity contribution in [1.29, 1.82) is 0 Å². The van der Waals surface area contributed by atoms with Crippen LogP contribution in [-0.2, 0) is 27.3 Å². The number of hydrogen-bond acceptors (Lipinski definition) is 10. The second-order valence-electron chi connectivity index (χ2n) is 9.00. The lowest BCUT2D eigenvalue weighted by Gasteiger charge is -2.16. The van der Waals surface area contributed by atoms with Crippen molar-refractivity contribution in [1.82, 2.24) is 25.5 Å². The normalized spacial score (nSPS) is 11.5. The summed E-state index contributed by atoms with van der Waals surface area (Å²) in [6, 6.07) is 10.1. The number of carbonyl (C=O) groups is 3. The standard InChI is InChI=1S/C26H32N6O6S/c1-16-12-19(31(3)4)13-17(2)24(16)39-25-28-30-32(29-25)15-22(33)21(14-23(34)35)27-26(36)38-11-10-18-6-8-20(37-5)9-7-18/h6-9,12-13,21H,10-11,14-15H2,1-5H3,(H,27,36)(H,34,35). The number of ether oxygens (including phenoxy) is 2. The molecule has 0 aliphatic rings. The van der Waals surface area contributed by atoms with Crippen molar-refractivity contribution in [3.05, 3.63) is 53.1 Å². The summed E-state index contributed by atoms with van der Waals surface area (Å²) in [5.74, 6) is -1.13. The first kappa shape index (κ1) is 29.4. The highest BCUT2D eigenvalue weighted by Crippen LogP contribution is 2.33. The van der Waals surface area contributed by atoms with Gasteiger partial charge < -0.3 is 24.8 Å². The first-order valence-electron chi connectivity index (χ1n) is 12.1. The van der Waals surface area contributed by atoms with Crippen LogP contribution in [0.15, 0.2) is 46.5 Å². The molecule has 1 amide bonds. The van der Waals surface area contributed by atoms with E-state index in [1.807, 2.05) is 45.0 Å². The summed E-state index contributed by atoms with van der Waals surface area (Å²) in [4.78, 5) is 40.5. The topological polar surface area (TPSA) is 149 Å².